The first-order chi connectivity index (χ1) is 8.70. The molecular weight excluding hydrogens is 316 g/mol. The molecule has 0 saturated carbocycles. The van der Waals surface area contributed by atoms with Gasteiger partial charge >= 0.3 is 0 Å². The highest BCUT2D eigenvalue weighted by atomic mass is 79.9. The maximum atomic E-state index is 5.93. The molecule has 0 aliphatic carbocycles. The minimum atomic E-state index is 0.368. The average molecular weight is 328 g/mol. The summed E-state index contributed by atoms with van der Waals surface area (Å²) in [5.74, 6) is 0.524. The summed E-state index contributed by atoms with van der Waals surface area (Å²) in [6.45, 7) is 0.812. The summed E-state index contributed by atoms with van der Waals surface area (Å²) in [4.78, 5) is 4.11. The Bertz CT molecular complexity index is 548. The summed E-state index contributed by atoms with van der Waals surface area (Å²) >= 11 is 9.40. The van der Waals surface area contributed by atoms with Crippen molar-refractivity contribution in [3.63, 3.8) is 0 Å². The van der Waals surface area contributed by atoms with Gasteiger partial charge < -0.3 is 10.5 Å². The van der Waals surface area contributed by atoms with E-state index >= 15 is 0 Å². The highest BCUT2D eigenvalue weighted by Gasteiger charge is 2.04. The molecule has 0 bridgehead atoms. The number of halogens is 2. The molecule has 1 aromatic carbocycles. The van der Waals surface area contributed by atoms with Crippen molar-refractivity contribution < 1.29 is 4.74 Å². The topological polar surface area (TPSA) is 48.1 Å². The molecule has 2 aromatic rings. The largest absolute Gasteiger partial charge is 0.473 e. The van der Waals surface area contributed by atoms with Crippen LogP contribution in [0.1, 0.15) is 11.1 Å². The second-order valence-corrected chi connectivity index (χ2v) is 4.96. The fourth-order valence-electron chi connectivity index (χ4n) is 1.46. The van der Waals surface area contributed by atoms with Crippen LogP contribution in [0.25, 0.3) is 0 Å². The van der Waals surface area contributed by atoms with Crippen LogP contribution in [0.4, 0.5) is 0 Å². The van der Waals surface area contributed by atoms with Crippen molar-refractivity contribution in [2.45, 2.75) is 13.2 Å². The molecule has 2 rings (SSSR count). The molecule has 0 radical (unpaired) electrons. The number of pyridine rings is 1. The second-order valence-electron chi connectivity index (χ2n) is 3.70. The monoisotopic (exact) mass is 326 g/mol. The zero-order chi connectivity index (χ0) is 13.0. The Balaban J connectivity index is 2.09. The molecule has 94 valence electrons. The van der Waals surface area contributed by atoms with Crippen molar-refractivity contribution in [3.8, 4) is 5.88 Å². The highest BCUT2D eigenvalue weighted by molar-refractivity contribution is 9.10. The van der Waals surface area contributed by atoms with Crippen LogP contribution < -0.4 is 10.5 Å². The molecule has 0 aliphatic heterocycles. The number of nitrogens with two attached hydrogens (primary N) is 1. The van der Waals surface area contributed by atoms with E-state index in [0.29, 0.717) is 24.1 Å². The molecule has 1 heterocycles. The average Bonchev–Trinajstić information content (AvgIpc) is 2.39. The summed E-state index contributed by atoms with van der Waals surface area (Å²) in [6.07, 6.45) is 1.55. The SMILES string of the molecule is NCc1cc(OCc2ccccc2Br)ncc1Cl. The fourth-order valence-corrected chi connectivity index (χ4v) is 2.04. The van der Waals surface area contributed by atoms with Crippen LogP contribution >= 0.6 is 27.5 Å². The van der Waals surface area contributed by atoms with Crippen molar-refractivity contribution in [1.82, 2.24) is 4.98 Å². The van der Waals surface area contributed by atoms with E-state index in [1.165, 1.54) is 0 Å². The third-order valence-electron chi connectivity index (χ3n) is 2.46. The van der Waals surface area contributed by atoms with Crippen LogP contribution in [0, 0.1) is 0 Å². The number of rotatable bonds is 4. The minimum absolute atomic E-state index is 0.368. The van der Waals surface area contributed by atoms with Gasteiger partial charge in [0.05, 0.1) is 5.02 Å². The van der Waals surface area contributed by atoms with Gasteiger partial charge in [-0.3, -0.25) is 0 Å². The number of benzene rings is 1. The van der Waals surface area contributed by atoms with Crippen molar-refractivity contribution in [1.29, 1.82) is 0 Å². The first kappa shape index (κ1) is 13.3. The lowest BCUT2D eigenvalue weighted by Crippen LogP contribution is -2.02. The Kier molecular flexibility index (Phi) is 4.58. The predicted octanol–water partition coefficient (Wildman–Crippen LogP) is 3.54. The van der Waals surface area contributed by atoms with Crippen molar-refractivity contribution in [3.05, 3.63) is 57.2 Å². The number of nitrogens with zero attached hydrogens (tertiary/aromatic N) is 1. The summed E-state index contributed by atoms with van der Waals surface area (Å²) in [5.41, 5.74) is 7.46. The Morgan fingerprint density at radius 1 is 1.28 bits per heavy atom. The van der Waals surface area contributed by atoms with E-state index in [-0.39, 0.29) is 0 Å². The molecule has 0 saturated heterocycles. The smallest absolute Gasteiger partial charge is 0.213 e. The van der Waals surface area contributed by atoms with E-state index in [0.717, 1.165) is 15.6 Å². The quantitative estimate of drug-likeness (QED) is 0.934. The summed E-state index contributed by atoms with van der Waals surface area (Å²) in [6, 6.07) is 9.65. The van der Waals surface area contributed by atoms with Gasteiger partial charge in [0, 0.05) is 28.8 Å². The maximum Gasteiger partial charge on any atom is 0.213 e. The van der Waals surface area contributed by atoms with Crippen LogP contribution in [0.15, 0.2) is 41.0 Å². The molecule has 0 spiro atoms. The second kappa shape index (κ2) is 6.18. The van der Waals surface area contributed by atoms with E-state index in [2.05, 4.69) is 20.9 Å². The normalized spacial score (nSPS) is 10.4. The molecule has 2 N–H and O–H groups in total. The molecule has 3 nitrogen and oxygen atoms in total. The standard InChI is InChI=1S/C13H12BrClN2O/c14-11-4-2-1-3-9(11)8-18-13-5-10(6-16)12(15)7-17-13/h1-5,7H,6,8,16H2. The van der Waals surface area contributed by atoms with Crippen LogP contribution in [-0.2, 0) is 13.2 Å². The molecule has 0 atom stereocenters. The van der Waals surface area contributed by atoms with Crippen LogP contribution in [0.3, 0.4) is 0 Å². The van der Waals surface area contributed by atoms with Gasteiger partial charge in [-0.2, -0.15) is 0 Å². The molecule has 0 unspecified atom stereocenters. The molecule has 1 aromatic heterocycles. The summed E-state index contributed by atoms with van der Waals surface area (Å²) < 4.78 is 6.63. The van der Waals surface area contributed by atoms with Gasteiger partial charge in [0.1, 0.15) is 6.61 Å². The van der Waals surface area contributed by atoms with Gasteiger partial charge in [0.2, 0.25) is 5.88 Å². The molecule has 0 fully saturated rings. The van der Waals surface area contributed by atoms with Gasteiger partial charge in [0.15, 0.2) is 0 Å². The van der Waals surface area contributed by atoms with E-state index in [1.807, 2.05) is 24.3 Å². The van der Waals surface area contributed by atoms with Crippen molar-refractivity contribution >= 4 is 27.5 Å². The Morgan fingerprint density at radius 3 is 2.78 bits per heavy atom. The van der Waals surface area contributed by atoms with Crippen LogP contribution in [0.2, 0.25) is 5.02 Å². The van der Waals surface area contributed by atoms with Gasteiger partial charge in [-0.1, -0.05) is 45.7 Å². The third-order valence-corrected chi connectivity index (χ3v) is 3.58. The fraction of sp³-hybridized carbons (Fsp3) is 0.154. The highest BCUT2D eigenvalue weighted by Crippen LogP contribution is 2.21. The number of aromatic nitrogens is 1. The Morgan fingerprint density at radius 2 is 2.06 bits per heavy atom. The zero-order valence-electron chi connectivity index (χ0n) is 9.57. The molecular formula is C13H12BrClN2O. The predicted molar refractivity (Wildman–Crippen MR) is 75.6 cm³/mol. The number of hydrogen-bond acceptors (Lipinski definition) is 3. The molecule has 5 heteroatoms. The third kappa shape index (κ3) is 3.22. The molecule has 0 aliphatic rings. The lowest BCUT2D eigenvalue weighted by molar-refractivity contribution is 0.293. The van der Waals surface area contributed by atoms with E-state index in [9.17, 15) is 0 Å². The molecule has 0 amide bonds. The van der Waals surface area contributed by atoms with Crippen LogP contribution in [-0.4, -0.2) is 4.98 Å². The van der Waals surface area contributed by atoms with Crippen molar-refractivity contribution in [2.24, 2.45) is 5.73 Å². The van der Waals surface area contributed by atoms with Gasteiger partial charge in [-0.05, 0) is 11.6 Å². The van der Waals surface area contributed by atoms with Gasteiger partial charge in [-0.25, -0.2) is 4.98 Å². The first-order valence-electron chi connectivity index (χ1n) is 5.41. The maximum absolute atomic E-state index is 5.93. The number of ether oxygens (including phenoxy) is 1. The summed E-state index contributed by atoms with van der Waals surface area (Å²) in [5, 5.41) is 0.561. The number of hydrogen-bond donors (Lipinski definition) is 1. The van der Waals surface area contributed by atoms with Gasteiger partial charge in [0.25, 0.3) is 0 Å². The van der Waals surface area contributed by atoms with E-state index in [4.69, 9.17) is 22.1 Å². The minimum Gasteiger partial charge on any atom is -0.473 e. The molecule has 18 heavy (non-hydrogen) atoms. The lowest BCUT2D eigenvalue weighted by atomic mass is 10.2. The summed E-state index contributed by atoms with van der Waals surface area (Å²) in [7, 11) is 0. The Hall–Kier alpha value is -1.10. The van der Waals surface area contributed by atoms with E-state index in [1.54, 1.807) is 12.3 Å². The van der Waals surface area contributed by atoms with E-state index < -0.39 is 0 Å². The van der Waals surface area contributed by atoms with Gasteiger partial charge in [-0.15, -0.1) is 0 Å². The Labute approximate surface area is 119 Å². The lowest BCUT2D eigenvalue weighted by Gasteiger charge is -2.08. The first-order valence-corrected chi connectivity index (χ1v) is 6.58. The van der Waals surface area contributed by atoms with Crippen molar-refractivity contribution in [2.75, 3.05) is 0 Å². The zero-order valence-corrected chi connectivity index (χ0v) is 11.9. The van der Waals surface area contributed by atoms with Crippen LogP contribution in [0.5, 0.6) is 5.88 Å².